The van der Waals surface area contributed by atoms with E-state index in [0.717, 1.165) is 36.5 Å². The van der Waals surface area contributed by atoms with Crippen molar-refractivity contribution in [3.05, 3.63) is 29.3 Å². The van der Waals surface area contributed by atoms with Gasteiger partial charge in [0.1, 0.15) is 0 Å². The average Bonchev–Trinajstić information content (AvgIpc) is 2.84. The van der Waals surface area contributed by atoms with Crippen LogP contribution in [0.15, 0.2) is 24.3 Å². The first kappa shape index (κ1) is 17.4. The lowest BCUT2D eigenvalue weighted by atomic mass is 10.2. The van der Waals surface area contributed by atoms with E-state index in [-0.39, 0.29) is 5.91 Å². The number of nitrogens with zero attached hydrogens (tertiary/aromatic N) is 2. The largest absolute Gasteiger partial charge is 0.356 e. The van der Waals surface area contributed by atoms with Crippen LogP contribution in [0.1, 0.15) is 43.5 Å². The molecule has 0 spiro atoms. The van der Waals surface area contributed by atoms with Crippen LogP contribution in [0.5, 0.6) is 0 Å². The third-order valence-corrected chi connectivity index (χ3v) is 5.67. The SMILES string of the molecule is O=C(CCc1nc2ccccc2s1)NCCCN1CCCCCC1. The Bertz CT molecular complexity index is 614. The lowest BCUT2D eigenvalue weighted by Gasteiger charge is -2.19. The minimum atomic E-state index is 0.144. The van der Waals surface area contributed by atoms with Crippen molar-refractivity contribution < 1.29 is 4.79 Å². The number of hydrogen-bond donors (Lipinski definition) is 1. The van der Waals surface area contributed by atoms with E-state index in [4.69, 9.17) is 0 Å². The first-order chi connectivity index (χ1) is 11.8. The summed E-state index contributed by atoms with van der Waals surface area (Å²) in [5.74, 6) is 0.144. The Kier molecular flexibility index (Phi) is 6.61. The van der Waals surface area contributed by atoms with Crippen LogP contribution in [0.25, 0.3) is 10.2 Å². The Morgan fingerprint density at radius 3 is 2.75 bits per heavy atom. The molecular weight excluding hydrogens is 318 g/mol. The van der Waals surface area contributed by atoms with Crippen LogP contribution in [0.3, 0.4) is 0 Å². The van der Waals surface area contributed by atoms with Gasteiger partial charge in [-0.25, -0.2) is 4.98 Å². The molecule has 2 heterocycles. The lowest BCUT2D eigenvalue weighted by molar-refractivity contribution is -0.121. The van der Waals surface area contributed by atoms with Crippen molar-refractivity contribution in [2.45, 2.75) is 44.9 Å². The number of carbonyl (C=O) groups is 1. The van der Waals surface area contributed by atoms with Crippen molar-refractivity contribution >= 4 is 27.5 Å². The average molecular weight is 346 g/mol. The number of likely N-dealkylation sites (tertiary alicyclic amines) is 1. The summed E-state index contributed by atoms with van der Waals surface area (Å²) in [6.07, 6.45) is 7.72. The molecule has 0 radical (unpaired) electrons. The van der Waals surface area contributed by atoms with E-state index < -0.39 is 0 Å². The number of aromatic nitrogens is 1. The van der Waals surface area contributed by atoms with Crippen LogP contribution in [-0.2, 0) is 11.2 Å². The number of fused-ring (bicyclic) bond motifs is 1. The highest BCUT2D eigenvalue weighted by atomic mass is 32.1. The second-order valence-corrected chi connectivity index (χ2v) is 7.65. The minimum absolute atomic E-state index is 0.144. The number of benzene rings is 1. The van der Waals surface area contributed by atoms with Crippen molar-refractivity contribution in [3.63, 3.8) is 0 Å². The molecule has 0 bridgehead atoms. The number of hydrogen-bond acceptors (Lipinski definition) is 4. The fourth-order valence-electron chi connectivity index (χ4n) is 3.23. The van der Waals surface area contributed by atoms with Gasteiger partial charge in [-0.15, -0.1) is 11.3 Å². The zero-order valence-corrected chi connectivity index (χ0v) is 15.1. The van der Waals surface area contributed by atoms with Crippen LogP contribution in [-0.4, -0.2) is 42.0 Å². The maximum atomic E-state index is 12.0. The summed E-state index contributed by atoms with van der Waals surface area (Å²) in [5.41, 5.74) is 1.04. The fourth-order valence-corrected chi connectivity index (χ4v) is 4.19. The van der Waals surface area contributed by atoms with E-state index in [1.807, 2.05) is 18.2 Å². The molecule has 0 aliphatic carbocycles. The smallest absolute Gasteiger partial charge is 0.220 e. The summed E-state index contributed by atoms with van der Waals surface area (Å²) < 4.78 is 1.20. The van der Waals surface area contributed by atoms with Gasteiger partial charge in [-0.3, -0.25) is 4.79 Å². The molecule has 1 fully saturated rings. The van der Waals surface area contributed by atoms with Gasteiger partial charge in [-0.05, 0) is 51.0 Å². The van der Waals surface area contributed by atoms with Gasteiger partial charge in [0.2, 0.25) is 5.91 Å². The van der Waals surface area contributed by atoms with Gasteiger partial charge in [0.25, 0.3) is 0 Å². The zero-order valence-electron chi connectivity index (χ0n) is 14.3. The van der Waals surface area contributed by atoms with Crippen LogP contribution < -0.4 is 5.32 Å². The van der Waals surface area contributed by atoms with Gasteiger partial charge in [0.05, 0.1) is 15.2 Å². The van der Waals surface area contributed by atoms with Crippen molar-refractivity contribution in [2.24, 2.45) is 0 Å². The monoisotopic (exact) mass is 345 g/mol. The Morgan fingerprint density at radius 1 is 1.17 bits per heavy atom. The highest BCUT2D eigenvalue weighted by Gasteiger charge is 2.09. The molecule has 1 aromatic carbocycles. The van der Waals surface area contributed by atoms with E-state index in [1.54, 1.807) is 11.3 Å². The first-order valence-electron chi connectivity index (χ1n) is 9.15. The molecule has 130 valence electrons. The van der Waals surface area contributed by atoms with Gasteiger partial charge in [0, 0.05) is 19.4 Å². The predicted molar refractivity (Wildman–Crippen MR) is 100 cm³/mol. The molecule has 1 aliphatic heterocycles. The molecule has 0 unspecified atom stereocenters. The molecule has 4 nitrogen and oxygen atoms in total. The summed E-state index contributed by atoms with van der Waals surface area (Å²) in [6.45, 7) is 4.35. The number of rotatable bonds is 7. The highest BCUT2D eigenvalue weighted by Crippen LogP contribution is 2.22. The van der Waals surface area contributed by atoms with E-state index in [9.17, 15) is 4.79 Å². The molecule has 0 atom stereocenters. The standard InChI is InChI=1S/C19H27N3OS/c23-18(20-12-7-15-22-13-5-1-2-6-14-22)10-11-19-21-16-8-3-4-9-17(16)24-19/h3-4,8-9H,1-2,5-7,10-15H2,(H,20,23). The Morgan fingerprint density at radius 2 is 1.96 bits per heavy atom. The Balaban J connectivity index is 1.32. The van der Waals surface area contributed by atoms with Gasteiger partial charge >= 0.3 is 0 Å². The van der Waals surface area contributed by atoms with E-state index in [1.165, 1.54) is 43.5 Å². The molecule has 1 saturated heterocycles. The van der Waals surface area contributed by atoms with E-state index >= 15 is 0 Å². The van der Waals surface area contributed by atoms with Crippen molar-refractivity contribution in [3.8, 4) is 0 Å². The van der Waals surface area contributed by atoms with Gasteiger partial charge in [-0.2, -0.15) is 0 Å². The molecule has 1 amide bonds. The topological polar surface area (TPSA) is 45.2 Å². The molecule has 5 heteroatoms. The zero-order chi connectivity index (χ0) is 16.6. The van der Waals surface area contributed by atoms with Crippen molar-refractivity contribution in [1.29, 1.82) is 0 Å². The summed E-state index contributed by atoms with van der Waals surface area (Å²) in [7, 11) is 0. The molecular formula is C19H27N3OS. The number of aryl methyl sites for hydroxylation is 1. The van der Waals surface area contributed by atoms with Gasteiger partial charge < -0.3 is 10.2 Å². The van der Waals surface area contributed by atoms with Crippen LogP contribution in [0, 0.1) is 0 Å². The van der Waals surface area contributed by atoms with Gasteiger partial charge in [0.15, 0.2) is 0 Å². The highest BCUT2D eigenvalue weighted by molar-refractivity contribution is 7.18. The summed E-state index contributed by atoms with van der Waals surface area (Å²) in [6, 6.07) is 8.14. The van der Waals surface area contributed by atoms with E-state index in [2.05, 4.69) is 21.3 Å². The van der Waals surface area contributed by atoms with Crippen molar-refractivity contribution in [2.75, 3.05) is 26.2 Å². The summed E-state index contributed by atoms with van der Waals surface area (Å²) >= 11 is 1.69. The molecule has 2 aromatic rings. The van der Waals surface area contributed by atoms with Crippen molar-refractivity contribution in [1.82, 2.24) is 15.2 Å². The normalized spacial score (nSPS) is 16.2. The predicted octanol–water partition coefficient (Wildman–Crippen LogP) is 3.61. The number of carbonyl (C=O) groups excluding carboxylic acids is 1. The molecule has 1 aliphatic rings. The molecule has 1 N–H and O–H groups in total. The number of thiazole rings is 1. The Hall–Kier alpha value is -1.46. The van der Waals surface area contributed by atoms with Crippen LogP contribution in [0.4, 0.5) is 0 Å². The fraction of sp³-hybridized carbons (Fsp3) is 0.579. The molecule has 3 rings (SSSR count). The van der Waals surface area contributed by atoms with Gasteiger partial charge in [-0.1, -0.05) is 25.0 Å². The second kappa shape index (κ2) is 9.14. The lowest BCUT2D eigenvalue weighted by Crippen LogP contribution is -2.30. The molecule has 24 heavy (non-hydrogen) atoms. The van der Waals surface area contributed by atoms with Crippen LogP contribution in [0.2, 0.25) is 0 Å². The third kappa shape index (κ3) is 5.28. The van der Waals surface area contributed by atoms with Crippen LogP contribution >= 0.6 is 11.3 Å². The molecule has 1 aromatic heterocycles. The molecule has 0 saturated carbocycles. The number of para-hydroxylation sites is 1. The third-order valence-electron chi connectivity index (χ3n) is 4.58. The summed E-state index contributed by atoms with van der Waals surface area (Å²) in [5, 5.41) is 4.10. The first-order valence-corrected chi connectivity index (χ1v) is 9.96. The maximum absolute atomic E-state index is 12.0. The number of amides is 1. The summed E-state index contributed by atoms with van der Waals surface area (Å²) in [4.78, 5) is 19.1. The quantitative estimate of drug-likeness (QED) is 0.780. The maximum Gasteiger partial charge on any atom is 0.220 e. The second-order valence-electron chi connectivity index (χ2n) is 6.53. The number of nitrogens with one attached hydrogen (secondary N) is 1. The minimum Gasteiger partial charge on any atom is -0.356 e. The Labute approximate surface area is 148 Å². The van der Waals surface area contributed by atoms with E-state index in [0.29, 0.717) is 6.42 Å².